The number of nitrogens with zero attached hydrogens (tertiary/aromatic N) is 1. The summed E-state index contributed by atoms with van der Waals surface area (Å²) in [6, 6.07) is 4.97. The molecule has 0 aliphatic carbocycles. The maximum Gasteiger partial charge on any atom is 0.255 e. The van der Waals surface area contributed by atoms with E-state index >= 15 is 0 Å². The molecule has 2 rings (SSSR count). The van der Waals surface area contributed by atoms with Crippen molar-refractivity contribution < 1.29 is 9.53 Å². The first kappa shape index (κ1) is 12.4. The number of nitrogen functional groups attached to an aromatic ring is 1. The number of nitrogens with one attached hydrogen (secondary N) is 1. The van der Waals surface area contributed by atoms with Crippen molar-refractivity contribution in [3.8, 4) is 5.75 Å². The fourth-order valence-electron chi connectivity index (χ4n) is 1.50. The molecule has 0 saturated heterocycles. The summed E-state index contributed by atoms with van der Waals surface area (Å²) in [7, 11) is 1.52. The van der Waals surface area contributed by atoms with Gasteiger partial charge in [-0.1, -0.05) is 0 Å². The van der Waals surface area contributed by atoms with Crippen LogP contribution in [0.25, 0.3) is 0 Å². The Morgan fingerprint density at radius 3 is 3.06 bits per heavy atom. The topological polar surface area (TPSA) is 77.2 Å². The molecule has 94 valence electrons. The third-order valence-corrected chi connectivity index (χ3v) is 3.15. The van der Waals surface area contributed by atoms with Crippen LogP contribution < -0.4 is 15.8 Å². The number of methoxy groups -OCH3 is 1. The number of anilines is 1. The number of amides is 1. The molecule has 0 aliphatic heterocycles. The molecule has 0 spiro atoms. The zero-order valence-corrected chi connectivity index (χ0v) is 10.7. The van der Waals surface area contributed by atoms with Gasteiger partial charge >= 0.3 is 0 Å². The van der Waals surface area contributed by atoms with Crippen LogP contribution in [-0.4, -0.2) is 18.0 Å². The van der Waals surface area contributed by atoms with Crippen molar-refractivity contribution in [2.24, 2.45) is 0 Å². The van der Waals surface area contributed by atoms with Crippen LogP contribution >= 0.6 is 11.3 Å². The second-order valence-electron chi connectivity index (χ2n) is 3.61. The van der Waals surface area contributed by atoms with Gasteiger partial charge < -0.3 is 15.8 Å². The zero-order valence-electron chi connectivity index (χ0n) is 9.84. The van der Waals surface area contributed by atoms with E-state index in [-0.39, 0.29) is 5.91 Å². The molecule has 18 heavy (non-hydrogen) atoms. The second-order valence-corrected chi connectivity index (χ2v) is 4.58. The number of rotatable bonds is 4. The van der Waals surface area contributed by atoms with E-state index in [1.165, 1.54) is 18.4 Å². The Labute approximate surface area is 109 Å². The molecule has 1 aromatic carbocycles. The second kappa shape index (κ2) is 5.50. The first-order valence-corrected chi connectivity index (χ1v) is 6.17. The molecule has 0 atom stereocenters. The molecule has 0 radical (unpaired) electrons. The highest BCUT2D eigenvalue weighted by Crippen LogP contribution is 2.21. The van der Waals surface area contributed by atoms with Gasteiger partial charge in [-0.2, -0.15) is 0 Å². The molecular weight excluding hydrogens is 250 g/mol. The summed E-state index contributed by atoms with van der Waals surface area (Å²) < 4.78 is 5.13. The van der Waals surface area contributed by atoms with Crippen LogP contribution in [0.5, 0.6) is 5.75 Å². The number of nitrogens with two attached hydrogens (primary N) is 1. The fraction of sp³-hybridized carbons (Fsp3) is 0.167. The van der Waals surface area contributed by atoms with Crippen LogP contribution in [-0.2, 0) is 6.54 Å². The number of hydrogen-bond donors (Lipinski definition) is 2. The minimum atomic E-state index is -0.215. The minimum Gasteiger partial charge on any atom is -0.496 e. The SMILES string of the molecule is COc1ccc(N)cc1C(=O)NCc1cncs1. The van der Waals surface area contributed by atoms with E-state index in [9.17, 15) is 4.79 Å². The standard InChI is InChI=1S/C12H13N3O2S/c1-17-11-3-2-8(13)4-10(11)12(16)15-6-9-5-14-7-18-9/h2-5,7H,6,13H2,1H3,(H,15,16). The van der Waals surface area contributed by atoms with Crippen LogP contribution in [0.2, 0.25) is 0 Å². The highest BCUT2D eigenvalue weighted by Gasteiger charge is 2.12. The van der Waals surface area contributed by atoms with Crippen molar-refractivity contribution >= 4 is 22.9 Å². The third-order valence-electron chi connectivity index (χ3n) is 2.37. The zero-order chi connectivity index (χ0) is 13.0. The first-order chi connectivity index (χ1) is 8.70. The highest BCUT2D eigenvalue weighted by molar-refractivity contribution is 7.09. The number of hydrogen-bond acceptors (Lipinski definition) is 5. The lowest BCUT2D eigenvalue weighted by Crippen LogP contribution is -2.23. The number of thiazole rings is 1. The lowest BCUT2D eigenvalue weighted by molar-refractivity contribution is 0.0948. The van der Waals surface area contributed by atoms with Crippen molar-refractivity contribution in [2.45, 2.75) is 6.54 Å². The summed E-state index contributed by atoms with van der Waals surface area (Å²) in [6.45, 7) is 0.446. The highest BCUT2D eigenvalue weighted by atomic mass is 32.1. The molecule has 3 N–H and O–H groups in total. The summed E-state index contributed by atoms with van der Waals surface area (Å²) in [6.07, 6.45) is 1.72. The van der Waals surface area contributed by atoms with E-state index in [0.29, 0.717) is 23.5 Å². The first-order valence-electron chi connectivity index (χ1n) is 5.30. The molecule has 0 saturated carbocycles. The Hall–Kier alpha value is -2.08. The molecule has 0 aliphatic rings. The molecule has 5 nitrogen and oxygen atoms in total. The largest absolute Gasteiger partial charge is 0.496 e. The third kappa shape index (κ3) is 2.78. The van der Waals surface area contributed by atoms with Gasteiger partial charge in [0.15, 0.2) is 0 Å². The molecule has 1 amide bonds. The predicted molar refractivity (Wildman–Crippen MR) is 70.7 cm³/mol. The molecule has 6 heteroatoms. The van der Waals surface area contributed by atoms with Gasteiger partial charge in [0.05, 0.1) is 24.7 Å². The van der Waals surface area contributed by atoms with Crippen LogP contribution in [0.4, 0.5) is 5.69 Å². The Bertz CT molecular complexity index is 540. The Morgan fingerprint density at radius 2 is 2.39 bits per heavy atom. The van der Waals surface area contributed by atoms with E-state index in [1.807, 2.05) is 0 Å². The Morgan fingerprint density at radius 1 is 1.56 bits per heavy atom. The van der Waals surface area contributed by atoms with E-state index in [4.69, 9.17) is 10.5 Å². The van der Waals surface area contributed by atoms with Crippen molar-refractivity contribution in [2.75, 3.05) is 12.8 Å². The average molecular weight is 263 g/mol. The van der Waals surface area contributed by atoms with E-state index in [0.717, 1.165) is 4.88 Å². The number of ether oxygens (including phenoxy) is 1. The molecule has 2 aromatic rings. The predicted octanol–water partition coefficient (Wildman–Crippen LogP) is 1.66. The number of carbonyl (C=O) groups excluding carboxylic acids is 1. The monoisotopic (exact) mass is 263 g/mol. The number of carbonyl (C=O) groups is 1. The van der Waals surface area contributed by atoms with Crippen molar-refractivity contribution in [1.29, 1.82) is 0 Å². The quantitative estimate of drug-likeness (QED) is 0.822. The van der Waals surface area contributed by atoms with Gasteiger partial charge in [0.1, 0.15) is 5.75 Å². The fourth-order valence-corrected chi connectivity index (χ4v) is 2.03. The van der Waals surface area contributed by atoms with Crippen LogP contribution in [0, 0.1) is 0 Å². The Balaban J connectivity index is 2.10. The normalized spacial score (nSPS) is 10.1. The molecule has 1 aromatic heterocycles. The average Bonchev–Trinajstić information content (AvgIpc) is 2.89. The smallest absolute Gasteiger partial charge is 0.255 e. The molecule has 0 fully saturated rings. The van der Waals surface area contributed by atoms with Gasteiger partial charge in [0, 0.05) is 16.8 Å². The molecule has 0 unspecified atom stereocenters. The van der Waals surface area contributed by atoms with Crippen LogP contribution in [0.15, 0.2) is 29.9 Å². The van der Waals surface area contributed by atoms with Crippen LogP contribution in [0.1, 0.15) is 15.2 Å². The lowest BCUT2D eigenvalue weighted by atomic mass is 10.1. The van der Waals surface area contributed by atoms with Crippen molar-refractivity contribution in [3.05, 3.63) is 40.3 Å². The van der Waals surface area contributed by atoms with Crippen LogP contribution in [0.3, 0.4) is 0 Å². The van der Waals surface area contributed by atoms with Crippen molar-refractivity contribution in [1.82, 2.24) is 10.3 Å². The van der Waals surface area contributed by atoms with E-state index in [1.54, 1.807) is 29.9 Å². The van der Waals surface area contributed by atoms with Gasteiger partial charge in [0.25, 0.3) is 5.91 Å². The number of benzene rings is 1. The Kier molecular flexibility index (Phi) is 3.78. The maximum atomic E-state index is 12.0. The minimum absolute atomic E-state index is 0.215. The maximum absolute atomic E-state index is 12.0. The van der Waals surface area contributed by atoms with Gasteiger partial charge in [-0.05, 0) is 18.2 Å². The summed E-state index contributed by atoms with van der Waals surface area (Å²) >= 11 is 1.49. The molecule has 1 heterocycles. The molecular formula is C12H13N3O2S. The summed E-state index contributed by atoms with van der Waals surface area (Å²) in [4.78, 5) is 16.9. The van der Waals surface area contributed by atoms with Gasteiger partial charge in [-0.25, -0.2) is 0 Å². The lowest BCUT2D eigenvalue weighted by Gasteiger charge is -2.09. The summed E-state index contributed by atoms with van der Waals surface area (Å²) in [5, 5.41) is 2.80. The van der Waals surface area contributed by atoms with E-state index < -0.39 is 0 Å². The summed E-state index contributed by atoms with van der Waals surface area (Å²) in [5.41, 5.74) is 8.35. The number of aromatic nitrogens is 1. The van der Waals surface area contributed by atoms with Gasteiger partial charge in [-0.3, -0.25) is 9.78 Å². The van der Waals surface area contributed by atoms with Crippen molar-refractivity contribution in [3.63, 3.8) is 0 Å². The van der Waals surface area contributed by atoms with Gasteiger partial charge in [0.2, 0.25) is 0 Å². The molecule has 0 bridgehead atoms. The van der Waals surface area contributed by atoms with Gasteiger partial charge in [-0.15, -0.1) is 11.3 Å². The summed E-state index contributed by atoms with van der Waals surface area (Å²) in [5.74, 6) is 0.290. The van der Waals surface area contributed by atoms with E-state index in [2.05, 4.69) is 10.3 Å².